The quantitative estimate of drug-likeness (QED) is 0.528. The number of H-pyrrole nitrogens is 1. The van der Waals surface area contributed by atoms with Gasteiger partial charge < -0.3 is 10.3 Å². The fraction of sp³-hybridized carbons (Fsp3) is 0.143. The van der Waals surface area contributed by atoms with Gasteiger partial charge in [0.05, 0.1) is 12.2 Å². The van der Waals surface area contributed by atoms with Crippen LogP contribution in [-0.4, -0.2) is 30.2 Å². The molecule has 4 aromatic rings. The third-order valence-corrected chi connectivity index (χ3v) is 4.70. The molecule has 0 fully saturated rings. The van der Waals surface area contributed by atoms with E-state index in [0.717, 1.165) is 16.8 Å². The van der Waals surface area contributed by atoms with Crippen molar-refractivity contribution in [2.75, 3.05) is 0 Å². The molecule has 0 saturated heterocycles. The van der Waals surface area contributed by atoms with E-state index in [1.54, 1.807) is 46.0 Å². The van der Waals surface area contributed by atoms with E-state index in [4.69, 9.17) is 0 Å². The maximum Gasteiger partial charge on any atom is 0.330 e. The number of aromatic nitrogens is 5. The Kier molecular flexibility index (Phi) is 5.07. The lowest BCUT2D eigenvalue weighted by Gasteiger charge is -2.11. The highest BCUT2D eigenvalue weighted by Gasteiger charge is 2.10. The average Bonchev–Trinajstić information content (AvgIpc) is 3.37. The van der Waals surface area contributed by atoms with Crippen molar-refractivity contribution < 1.29 is 4.79 Å². The van der Waals surface area contributed by atoms with Gasteiger partial charge in [0, 0.05) is 24.0 Å². The topological polar surface area (TPSA) is 97.6 Å². The van der Waals surface area contributed by atoms with Gasteiger partial charge in [-0.15, -0.1) is 0 Å². The van der Waals surface area contributed by atoms with Crippen LogP contribution in [0.15, 0.2) is 72.2 Å². The number of nitrogens with one attached hydrogen (secondary N) is 2. The van der Waals surface area contributed by atoms with Crippen LogP contribution in [0.4, 0.5) is 0 Å². The Morgan fingerprint density at radius 1 is 1.10 bits per heavy atom. The Morgan fingerprint density at radius 2 is 1.86 bits per heavy atom. The minimum Gasteiger partial charge on any atom is -0.348 e. The van der Waals surface area contributed by atoms with E-state index in [1.807, 2.05) is 31.2 Å². The molecule has 0 saturated carbocycles. The van der Waals surface area contributed by atoms with E-state index in [-0.39, 0.29) is 11.6 Å². The Balaban J connectivity index is 1.45. The number of hydrogen-bond acceptors (Lipinski definition) is 4. The molecule has 2 heterocycles. The van der Waals surface area contributed by atoms with Crippen molar-refractivity contribution in [3.63, 3.8) is 0 Å². The van der Waals surface area contributed by atoms with Gasteiger partial charge in [0.15, 0.2) is 0 Å². The minimum absolute atomic E-state index is 0.176. The summed E-state index contributed by atoms with van der Waals surface area (Å²) in [4.78, 5) is 31.1. The largest absolute Gasteiger partial charge is 0.348 e. The molecule has 0 aliphatic carbocycles. The number of imidazole rings is 1. The molecule has 0 aliphatic heterocycles. The number of hydrogen-bond donors (Lipinski definition) is 2. The van der Waals surface area contributed by atoms with E-state index in [1.165, 1.54) is 6.33 Å². The molecule has 0 spiro atoms. The molecule has 29 heavy (non-hydrogen) atoms. The molecule has 0 aliphatic rings. The fourth-order valence-corrected chi connectivity index (χ4v) is 3.19. The second-order valence-corrected chi connectivity index (χ2v) is 6.66. The highest BCUT2D eigenvalue weighted by molar-refractivity contribution is 5.94. The van der Waals surface area contributed by atoms with E-state index >= 15 is 0 Å². The number of carbonyl (C=O) groups is 1. The van der Waals surface area contributed by atoms with Crippen LogP contribution in [0.3, 0.4) is 0 Å². The molecule has 0 bridgehead atoms. The number of aromatic amines is 1. The van der Waals surface area contributed by atoms with Crippen LogP contribution in [0, 0.1) is 6.92 Å². The number of nitrogens with zero attached hydrogens (tertiary/aromatic N) is 4. The Bertz CT molecular complexity index is 1170. The number of aryl methyl sites for hydroxylation is 1. The SMILES string of the molecule is Cc1c[nH]c(=O)n1-c1ccc(C(=O)NCc2ccccc2Cn2cncn2)cc1. The average molecular weight is 388 g/mol. The number of carbonyl (C=O) groups excluding carboxylic acids is 1. The van der Waals surface area contributed by atoms with Gasteiger partial charge in [0.2, 0.25) is 0 Å². The number of amides is 1. The third kappa shape index (κ3) is 4.01. The van der Waals surface area contributed by atoms with E-state index < -0.39 is 0 Å². The van der Waals surface area contributed by atoms with Crippen LogP contribution in [0.2, 0.25) is 0 Å². The highest BCUT2D eigenvalue weighted by atomic mass is 16.2. The normalized spacial score (nSPS) is 10.8. The van der Waals surface area contributed by atoms with Crippen LogP contribution in [0.1, 0.15) is 27.2 Å². The molecule has 8 heteroatoms. The molecule has 8 nitrogen and oxygen atoms in total. The van der Waals surface area contributed by atoms with Crippen molar-refractivity contribution >= 4 is 5.91 Å². The van der Waals surface area contributed by atoms with Crippen molar-refractivity contribution in [3.05, 3.63) is 100 Å². The minimum atomic E-state index is -0.205. The molecule has 2 N–H and O–H groups in total. The zero-order valence-electron chi connectivity index (χ0n) is 15.9. The van der Waals surface area contributed by atoms with Gasteiger partial charge in [0.1, 0.15) is 12.7 Å². The predicted molar refractivity (Wildman–Crippen MR) is 108 cm³/mol. The summed E-state index contributed by atoms with van der Waals surface area (Å²) >= 11 is 0. The van der Waals surface area contributed by atoms with E-state index in [2.05, 4.69) is 20.4 Å². The van der Waals surface area contributed by atoms with Crippen molar-refractivity contribution in [2.24, 2.45) is 0 Å². The standard InChI is InChI=1S/C21H20N6O2/c1-15-10-24-21(29)27(15)19-8-6-16(7-9-19)20(28)23-11-17-4-2-3-5-18(17)12-26-14-22-13-25-26/h2-10,13-14H,11-12H2,1H3,(H,23,28)(H,24,29). The molecular weight excluding hydrogens is 368 g/mol. The maximum absolute atomic E-state index is 12.6. The predicted octanol–water partition coefficient (Wildman–Crippen LogP) is 2.04. The highest BCUT2D eigenvalue weighted by Crippen LogP contribution is 2.12. The van der Waals surface area contributed by atoms with Gasteiger partial charge in [-0.3, -0.25) is 9.36 Å². The van der Waals surface area contributed by atoms with Crippen LogP contribution in [0.25, 0.3) is 5.69 Å². The fourth-order valence-electron chi connectivity index (χ4n) is 3.19. The summed E-state index contributed by atoms with van der Waals surface area (Å²) < 4.78 is 3.30. The molecule has 0 radical (unpaired) electrons. The van der Waals surface area contributed by atoms with Crippen LogP contribution in [-0.2, 0) is 13.1 Å². The third-order valence-electron chi connectivity index (χ3n) is 4.70. The summed E-state index contributed by atoms with van der Waals surface area (Å²) in [7, 11) is 0. The van der Waals surface area contributed by atoms with Crippen LogP contribution in [0.5, 0.6) is 0 Å². The summed E-state index contributed by atoms with van der Waals surface area (Å²) in [6.45, 7) is 2.84. The van der Waals surface area contributed by atoms with Crippen LogP contribution < -0.4 is 11.0 Å². The summed E-state index contributed by atoms with van der Waals surface area (Å²) in [5.41, 5.74) is 3.92. The Morgan fingerprint density at radius 3 is 2.52 bits per heavy atom. The molecule has 4 rings (SSSR count). The van der Waals surface area contributed by atoms with Crippen molar-refractivity contribution in [1.29, 1.82) is 0 Å². The Labute approximate surface area is 166 Å². The molecule has 0 unspecified atom stereocenters. The van der Waals surface area contributed by atoms with E-state index in [9.17, 15) is 9.59 Å². The molecule has 2 aromatic carbocycles. The summed E-state index contributed by atoms with van der Waals surface area (Å²) in [5, 5.41) is 7.08. The van der Waals surface area contributed by atoms with Crippen molar-refractivity contribution in [3.8, 4) is 5.69 Å². The zero-order chi connectivity index (χ0) is 20.2. The van der Waals surface area contributed by atoms with E-state index in [0.29, 0.717) is 24.3 Å². The van der Waals surface area contributed by atoms with Gasteiger partial charge in [-0.2, -0.15) is 5.10 Å². The number of rotatable bonds is 6. The van der Waals surface area contributed by atoms with Gasteiger partial charge >= 0.3 is 5.69 Å². The summed E-state index contributed by atoms with van der Waals surface area (Å²) in [6.07, 6.45) is 4.81. The smallest absolute Gasteiger partial charge is 0.330 e. The molecular formula is C21H20N6O2. The van der Waals surface area contributed by atoms with Gasteiger partial charge in [-0.05, 0) is 42.3 Å². The van der Waals surface area contributed by atoms with Gasteiger partial charge in [-0.25, -0.2) is 14.5 Å². The zero-order valence-corrected chi connectivity index (χ0v) is 15.9. The van der Waals surface area contributed by atoms with Gasteiger partial charge in [0.25, 0.3) is 5.91 Å². The number of benzene rings is 2. The lowest BCUT2D eigenvalue weighted by molar-refractivity contribution is 0.0951. The summed E-state index contributed by atoms with van der Waals surface area (Å²) in [6, 6.07) is 14.8. The first kappa shape index (κ1) is 18.4. The molecule has 146 valence electrons. The molecule has 0 atom stereocenters. The summed E-state index contributed by atoms with van der Waals surface area (Å²) in [5.74, 6) is -0.176. The van der Waals surface area contributed by atoms with Crippen LogP contribution >= 0.6 is 0 Å². The van der Waals surface area contributed by atoms with Crippen molar-refractivity contribution in [2.45, 2.75) is 20.0 Å². The second-order valence-electron chi connectivity index (χ2n) is 6.66. The lowest BCUT2D eigenvalue weighted by Crippen LogP contribution is -2.24. The monoisotopic (exact) mass is 388 g/mol. The lowest BCUT2D eigenvalue weighted by atomic mass is 10.1. The maximum atomic E-state index is 12.6. The first-order valence-electron chi connectivity index (χ1n) is 9.16. The first-order chi connectivity index (χ1) is 14.1. The molecule has 1 amide bonds. The first-order valence-corrected chi connectivity index (χ1v) is 9.16. The van der Waals surface area contributed by atoms with Crippen molar-refractivity contribution in [1.82, 2.24) is 29.6 Å². The molecule has 2 aromatic heterocycles. The Hall–Kier alpha value is -3.94. The van der Waals surface area contributed by atoms with Gasteiger partial charge in [-0.1, -0.05) is 24.3 Å². The second kappa shape index (κ2) is 7.97.